The molecule has 3 N–H and O–H groups in total. The Labute approximate surface area is 178 Å². The number of hydrogen-bond donors (Lipinski definition) is 2. The highest BCUT2D eigenvalue weighted by molar-refractivity contribution is 8.04. The lowest BCUT2D eigenvalue weighted by Gasteiger charge is -2.05. The summed E-state index contributed by atoms with van der Waals surface area (Å²) in [6.45, 7) is 8.46. The summed E-state index contributed by atoms with van der Waals surface area (Å²) >= 11 is 1.87. The third kappa shape index (κ3) is 7.84. The molecule has 152 valence electrons. The van der Waals surface area contributed by atoms with Crippen molar-refractivity contribution in [3.8, 4) is 11.3 Å². The molecule has 0 saturated carbocycles. The van der Waals surface area contributed by atoms with Crippen LogP contribution >= 0.6 is 19.7 Å². The Morgan fingerprint density at radius 2 is 1.72 bits per heavy atom. The molecular weight excluding hydrogens is 399 g/mol. The van der Waals surface area contributed by atoms with Crippen molar-refractivity contribution in [2.24, 2.45) is 0 Å². The van der Waals surface area contributed by atoms with Crippen LogP contribution in [0.1, 0.15) is 11.3 Å². The Hall–Kier alpha value is -2.43. The van der Waals surface area contributed by atoms with Crippen molar-refractivity contribution in [3.05, 3.63) is 66.0 Å². The van der Waals surface area contributed by atoms with Crippen LogP contribution in [0.5, 0.6) is 0 Å². The number of nitrogens with two attached hydrogens (primary N) is 1. The Bertz CT molecular complexity index is 915. The number of benzene rings is 2. The van der Waals surface area contributed by atoms with Crippen molar-refractivity contribution in [3.63, 3.8) is 0 Å². The lowest BCUT2D eigenvalue weighted by Crippen LogP contribution is -1.97. The quantitative estimate of drug-likeness (QED) is 0.314. The molecule has 2 aromatic carbocycles. The minimum absolute atomic E-state index is 0.153. The largest absolute Gasteiger partial charge is 0.382 e. The molecule has 5 nitrogen and oxygen atoms in total. The minimum Gasteiger partial charge on any atom is -0.382 e. The van der Waals surface area contributed by atoms with Crippen LogP contribution in [0.2, 0.25) is 0 Å². The van der Waals surface area contributed by atoms with Crippen molar-refractivity contribution in [2.45, 2.75) is 18.7 Å². The molecule has 3 aromatic rings. The summed E-state index contributed by atoms with van der Waals surface area (Å²) in [7, 11) is 0.153. The van der Waals surface area contributed by atoms with Gasteiger partial charge >= 0.3 is 0 Å². The van der Waals surface area contributed by atoms with Crippen molar-refractivity contribution in [2.75, 3.05) is 29.9 Å². The highest BCUT2D eigenvalue weighted by atomic mass is 32.2. The van der Waals surface area contributed by atoms with Crippen LogP contribution in [0.15, 0.2) is 59.6 Å². The maximum absolute atomic E-state index is 10.2. The van der Waals surface area contributed by atoms with Gasteiger partial charge in [-0.25, -0.2) is 9.97 Å². The van der Waals surface area contributed by atoms with Gasteiger partial charge in [0.1, 0.15) is 5.82 Å². The SMILES string of the molecule is CP(C)CSc1ccc(NC=O)cc1.Cc1ccc(-c2cnc(N)c(C)n2)cc1. The zero-order valence-corrected chi connectivity index (χ0v) is 18.9. The fraction of sp³-hybridized carbons (Fsp3) is 0.227. The van der Waals surface area contributed by atoms with E-state index in [0.29, 0.717) is 12.2 Å². The van der Waals surface area contributed by atoms with E-state index in [1.54, 1.807) is 6.20 Å². The van der Waals surface area contributed by atoms with Gasteiger partial charge in [0.2, 0.25) is 6.41 Å². The molecule has 0 aliphatic rings. The van der Waals surface area contributed by atoms with E-state index in [1.807, 2.05) is 55.1 Å². The van der Waals surface area contributed by atoms with E-state index in [1.165, 1.54) is 16.0 Å². The first-order chi connectivity index (χ1) is 13.9. The molecular formula is C22H27N4OPS. The number of nitrogens with zero attached hydrogens (tertiary/aromatic N) is 2. The second kappa shape index (κ2) is 11.5. The summed E-state index contributed by atoms with van der Waals surface area (Å²) in [4.78, 5) is 19.9. The number of rotatable bonds is 6. The summed E-state index contributed by atoms with van der Waals surface area (Å²) in [5.74, 6) is 0.492. The highest BCUT2D eigenvalue weighted by Gasteiger charge is 2.02. The Balaban J connectivity index is 0.000000208. The summed E-state index contributed by atoms with van der Waals surface area (Å²) in [5.41, 5.74) is 11.6. The van der Waals surface area contributed by atoms with E-state index >= 15 is 0 Å². The van der Waals surface area contributed by atoms with Crippen molar-refractivity contribution in [1.29, 1.82) is 0 Å². The first-order valence-electron chi connectivity index (χ1n) is 9.13. The number of carbonyl (C=O) groups is 1. The smallest absolute Gasteiger partial charge is 0.211 e. The van der Waals surface area contributed by atoms with Gasteiger partial charge in [0.25, 0.3) is 0 Å². The Morgan fingerprint density at radius 1 is 1.07 bits per heavy atom. The van der Waals surface area contributed by atoms with Gasteiger partial charge in [0.05, 0.1) is 17.6 Å². The molecule has 29 heavy (non-hydrogen) atoms. The second-order valence-electron chi connectivity index (χ2n) is 6.73. The summed E-state index contributed by atoms with van der Waals surface area (Å²) in [6.07, 6.45) is 2.40. The number of carbonyl (C=O) groups excluding carboxylic acids is 1. The number of amides is 1. The monoisotopic (exact) mass is 426 g/mol. The van der Waals surface area contributed by atoms with Crippen molar-refractivity contribution < 1.29 is 4.79 Å². The molecule has 1 heterocycles. The first-order valence-corrected chi connectivity index (χ1v) is 12.5. The van der Waals surface area contributed by atoms with Crippen LogP contribution in [-0.2, 0) is 4.79 Å². The maximum Gasteiger partial charge on any atom is 0.211 e. The summed E-state index contributed by atoms with van der Waals surface area (Å²) in [6, 6.07) is 16.1. The molecule has 0 spiro atoms. The zero-order chi connectivity index (χ0) is 21.2. The lowest BCUT2D eigenvalue weighted by atomic mass is 10.1. The van der Waals surface area contributed by atoms with Crippen LogP contribution in [0.3, 0.4) is 0 Å². The third-order valence-corrected chi connectivity index (χ3v) is 7.09. The van der Waals surface area contributed by atoms with Crippen molar-refractivity contribution in [1.82, 2.24) is 9.97 Å². The third-order valence-electron chi connectivity index (χ3n) is 3.90. The molecule has 1 aromatic heterocycles. The second-order valence-corrected chi connectivity index (χ2v) is 10.7. The Morgan fingerprint density at radius 3 is 2.28 bits per heavy atom. The highest BCUT2D eigenvalue weighted by Crippen LogP contribution is 2.34. The topological polar surface area (TPSA) is 80.9 Å². The Kier molecular flexibility index (Phi) is 9.10. The molecule has 0 fully saturated rings. The van der Waals surface area contributed by atoms with Gasteiger partial charge in [-0.2, -0.15) is 0 Å². The van der Waals surface area contributed by atoms with E-state index in [9.17, 15) is 4.79 Å². The molecule has 1 amide bonds. The van der Waals surface area contributed by atoms with Crippen LogP contribution in [0, 0.1) is 13.8 Å². The molecule has 0 saturated heterocycles. The van der Waals surface area contributed by atoms with E-state index in [2.05, 4.69) is 47.7 Å². The predicted octanol–water partition coefficient (Wildman–Crippen LogP) is 5.39. The van der Waals surface area contributed by atoms with E-state index in [4.69, 9.17) is 5.73 Å². The van der Waals surface area contributed by atoms with Gasteiger partial charge in [0, 0.05) is 21.6 Å². The average Bonchev–Trinajstić information content (AvgIpc) is 2.71. The molecule has 0 unspecified atom stereocenters. The average molecular weight is 427 g/mol. The van der Waals surface area contributed by atoms with Crippen molar-refractivity contribution >= 4 is 37.6 Å². The van der Waals surface area contributed by atoms with E-state index in [-0.39, 0.29) is 7.92 Å². The van der Waals surface area contributed by atoms with Crippen LogP contribution in [0.4, 0.5) is 11.5 Å². The number of nitrogens with one attached hydrogen (secondary N) is 1. The number of aryl methyl sites for hydroxylation is 2. The number of hydrogen-bond acceptors (Lipinski definition) is 5. The van der Waals surface area contributed by atoms with E-state index in [0.717, 1.165) is 22.6 Å². The first kappa shape index (κ1) is 22.9. The van der Waals surface area contributed by atoms with Gasteiger partial charge in [-0.15, -0.1) is 19.7 Å². The zero-order valence-electron chi connectivity index (χ0n) is 17.2. The van der Waals surface area contributed by atoms with Crippen LogP contribution in [0.25, 0.3) is 11.3 Å². The lowest BCUT2D eigenvalue weighted by molar-refractivity contribution is -0.105. The predicted molar refractivity (Wildman–Crippen MR) is 127 cm³/mol. The minimum atomic E-state index is 0.153. The number of nitrogen functional groups attached to an aromatic ring is 1. The molecule has 0 aliphatic heterocycles. The van der Waals surface area contributed by atoms with Crippen LogP contribution < -0.4 is 11.1 Å². The summed E-state index contributed by atoms with van der Waals surface area (Å²) < 4.78 is 0. The standard InChI is InChI=1S/C12H13N3.C10H14NOPS/c1-8-3-5-10(6-4-8)11-7-14-12(13)9(2)15-11;1-13(2)8-14-10-5-3-9(4-6-10)11-7-12/h3-7H,1-2H3,(H2,13,14);3-7H,8H2,1-2H3,(H,11,12). The summed E-state index contributed by atoms with van der Waals surface area (Å²) in [5, 5.41) is 2.61. The van der Waals surface area contributed by atoms with E-state index < -0.39 is 0 Å². The van der Waals surface area contributed by atoms with Gasteiger partial charge in [-0.1, -0.05) is 29.8 Å². The molecule has 3 rings (SSSR count). The fourth-order valence-corrected chi connectivity index (χ4v) is 4.23. The molecule has 0 atom stereocenters. The number of thioether (sulfide) groups is 1. The van der Waals surface area contributed by atoms with Gasteiger partial charge < -0.3 is 11.1 Å². The van der Waals surface area contributed by atoms with Gasteiger partial charge in [-0.05, 0) is 51.4 Å². The van der Waals surface area contributed by atoms with Gasteiger partial charge in [-0.3, -0.25) is 4.79 Å². The molecule has 0 radical (unpaired) electrons. The normalized spacial score (nSPS) is 10.2. The van der Waals surface area contributed by atoms with Crippen LogP contribution in [-0.4, -0.2) is 35.2 Å². The number of aromatic nitrogens is 2. The fourth-order valence-electron chi connectivity index (χ4n) is 2.27. The van der Waals surface area contributed by atoms with Gasteiger partial charge in [0.15, 0.2) is 0 Å². The molecule has 7 heteroatoms. The molecule has 0 aliphatic carbocycles. The number of anilines is 2. The molecule has 0 bridgehead atoms. The maximum atomic E-state index is 10.2.